The molecule has 162 valence electrons. The number of hydrogen-bond donors (Lipinski definition) is 1. The lowest BCUT2D eigenvalue weighted by Gasteiger charge is -2.15. The number of halogens is 1. The van der Waals surface area contributed by atoms with Gasteiger partial charge in [-0.2, -0.15) is 5.10 Å². The van der Waals surface area contributed by atoms with E-state index in [0.717, 1.165) is 11.3 Å². The Hall–Kier alpha value is -4.34. The molecule has 1 N–H and O–H groups in total. The van der Waals surface area contributed by atoms with Crippen LogP contribution in [0.4, 0.5) is 10.1 Å². The van der Waals surface area contributed by atoms with Crippen molar-refractivity contribution in [1.29, 1.82) is 0 Å². The van der Waals surface area contributed by atoms with Gasteiger partial charge in [-0.05, 0) is 50.2 Å². The van der Waals surface area contributed by atoms with Crippen LogP contribution in [0.5, 0.6) is 0 Å². The number of nitrogens with zero attached hydrogens (tertiary/aromatic N) is 5. The topological polar surface area (TPSA) is 108 Å². The molecule has 9 nitrogen and oxygen atoms in total. The van der Waals surface area contributed by atoms with Crippen molar-refractivity contribution in [3.8, 4) is 11.4 Å². The molecule has 1 amide bonds. The Morgan fingerprint density at radius 3 is 2.62 bits per heavy atom. The van der Waals surface area contributed by atoms with Gasteiger partial charge < -0.3 is 9.88 Å². The van der Waals surface area contributed by atoms with E-state index in [-0.39, 0.29) is 17.1 Å². The SMILES string of the molecule is Cc1c(C(C)NC(=O)c2ccc(-n3ccnc3)c([N+](=O)[O-])c2)cnn1-c1ccc(F)cc1. The Kier molecular flexibility index (Phi) is 5.50. The lowest BCUT2D eigenvalue weighted by molar-refractivity contribution is -0.384. The second-order valence-electron chi connectivity index (χ2n) is 7.20. The molecular formula is C22H19FN6O3. The molecule has 4 rings (SSSR count). The molecular weight excluding hydrogens is 415 g/mol. The number of carbonyl (C=O) groups is 1. The first-order valence-electron chi connectivity index (χ1n) is 9.73. The molecule has 1 atom stereocenters. The highest BCUT2D eigenvalue weighted by Crippen LogP contribution is 2.25. The third kappa shape index (κ3) is 3.97. The van der Waals surface area contributed by atoms with Crippen molar-refractivity contribution in [3.63, 3.8) is 0 Å². The molecule has 2 aromatic carbocycles. The highest BCUT2D eigenvalue weighted by Gasteiger charge is 2.21. The minimum absolute atomic E-state index is 0.163. The molecule has 0 radical (unpaired) electrons. The third-order valence-electron chi connectivity index (χ3n) is 5.15. The van der Waals surface area contributed by atoms with Crippen LogP contribution in [0.25, 0.3) is 11.4 Å². The minimum Gasteiger partial charge on any atom is -0.345 e. The van der Waals surface area contributed by atoms with Crippen molar-refractivity contribution in [2.24, 2.45) is 0 Å². The van der Waals surface area contributed by atoms with Crippen LogP contribution in [0.15, 0.2) is 67.4 Å². The Morgan fingerprint density at radius 2 is 1.97 bits per heavy atom. The van der Waals surface area contributed by atoms with Gasteiger partial charge in [0.15, 0.2) is 0 Å². The first-order valence-corrected chi connectivity index (χ1v) is 9.73. The molecule has 32 heavy (non-hydrogen) atoms. The smallest absolute Gasteiger partial charge is 0.294 e. The Labute approximate surface area is 182 Å². The molecule has 10 heteroatoms. The van der Waals surface area contributed by atoms with Gasteiger partial charge in [-0.15, -0.1) is 0 Å². The summed E-state index contributed by atoms with van der Waals surface area (Å²) in [6.45, 7) is 3.64. The minimum atomic E-state index is -0.535. The zero-order valence-electron chi connectivity index (χ0n) is 17.3. The molecule has 0 fully saturated rings. The molecule has 0 saturated heterocycles. The first kappa shape index (κ1) is 20.9. The maximum atomic E-state index is 13.2. The van der Waals surface area contributed by atoms with Crippen LogP contribution in [0, 0.1) is 22.9 Å². The number of rotatable bonds is 6. The molecule has 1 unspecified atom stereocenters. The first-order chi connectivity index (χ1) is 15.3. The molecule has 0 aliphatic heterocycles. The van der Waals surface area contributed by atoms with Crippen LogP contribution in [-0.4, -0.2) is 30.2 Å². The fraction of sp³-hybridized carbons (Fsp3) is 0.136. The Morgan fingerprint density at radius 1 is 1.22 bits per heavy atom. The van der Waals surface area contributed by atoms with Crippen molar-refractivity contribution in [1.82, 2.24) is 24.6 Å². The summed E-state index contributed by atoms with van der Waals surface area (Å²) in [7, 11) is 0. The van der Waals surface area contributed by atoms with E-state index in [1.165, 1.54) is 47.4 Å². The molecule has 4 aromatic rings. The number of carbonyl (C=O) groups excluding carboxylic acids is 1. The number of nitro groups is 1. The quantitative estimate of drug-likeness (QED) is 0.366. The van der Waals surface area contributed by atoms with E-state index in [2.05, 4.69) is 15.4 Å². The summed E-state index contributed by atoms with van der Waals surface area (Å²) in [5.41, 5.74) is 2.52. The fourth-order valence-electron chi connectivity index (χ4n) is 3.48. The van der Waals surface area contributed by atoms with Gasteiger partial charge >= 0.3 is 0 Å². The molecule has 0 aliphatic carbocycles. The highest BCUT2D eigenvalue weighted by molar-refractivity contribution is 5.95. The van der Waals surface area contributed by atoms with Crippen molar-refractivity contribution in [3.05, 3.63) is 100 Å². The van der Waals surface area contributed by atoms with Gasteiger partial charge in [0.05, 0.1) is 29.2 Å². The molecule has 0 spiro atoms. The number of aromatic nitrogens is 4. The number of imidazole rings is 1. The number of benzene rings is 2. The molecule has 0 aliphatic rings. The lowest BCUT2D eigenvalue weighted by atomic mass is 10.1. The monoisotopic (exact) mass is 434 g/mol. The van der Waals surface area contributed by atoms with Crippen molar-refractivity contribution >= 4 is 11.6 Å². The Bertz CT molecular complexity index is 1280. The zero-order chi connectivity index (χ0) is 22.8. The molecule has 2 heterocycles. The maximum absolute atomic E-state index is 13.2. The normalized spacial score (nSPS) is 11.8. The zero-order valence-corrected chi connectivity index (χ0v) is 17.3. The summed E-state index contributed by atoms with van der Waals surface area (Å²) in [5, 5.41) is 18.7. The largest absolute Gasteiger partial charge is 0.345 e. The number of nitro benzene ring substituents is 1. The summed E-state index contributed by atoms with van der Waals surface area (Å²) >= 11 is 0. The van der Waals surface area contributed by atoms with Gasteiger partial charge in [-0.25, -0.2) is 14.1 Å². The summed E-state index contributed by atoms with van der Waals surface area (Å²) in [6.07, 6.45) is 6.19. The summed E-state index contributed by atoms with van der Waals surface area (Å²) in [4.78, 5) is 27.7. The third-order valence-corrected chi connectivity index (χ3v) is 5.15. The predicted molar refractivity (Wildman–Crippen MR) is 114 cm³/mol. The number of hydrogen-bond acceptors (Lipinski definition) is 5. The van der Waals surface area contributed by atoms with E-state index in [1.807, 2.05) is 6.92 Å². The van der Waals surface area contributed by atoms with E-state index in [0.29, 0.717) is 11.4 Å². The summed E-state index contributed by atoms with van der Waals surface area (Å²) < 4.78 is 16.4. The van der Waals surface area contributed by atoms with Gasteiger partial charge in [-0.1, -0.05) is 0 Å². The van der Waals surface area contributed by atoms with Crippen LogP contribution in [0.3, 0.4) is 0 Å². The summed E-state index contributed by atoms with van der Waals surface area (Å²) in [6, 6.07) is 9.79. The van der Waals surface area contributed by atoms with Crippen LogP contribution in [0.2, 0.25) is 0 Å². The lowest BCUT2D eigenvalue weighted by Crippen LogP contribution is -2.27. The van der Waals surface area contributed by atoms with Crippen molar-refractivity contribution < 1.29 is 14.1 Å². The average molecular weight is 434 g/mol. The molecule has 2 aromatic heterocycles. The molecule has 0 bridgehead atoms. The highest BCUT2D eigenvalue weighted by atomic mass is 19.1. The van der Waals surface area contributed by atoms with Crippen LogP contribution in [-0.2, 0) is 0 Å². The second kappa shape index (κ2) is 8.42. The van der Waals surface area contributed by atoms with E-state index < -0.39 is 16.9 Å². The van der Waals surface area contributed by atoms with Crippen LogP contribution < -0.4 is 5.32 Å². The van der Waals surface area contributed by atoms with Gasteiger partial charge in [0.2, 0.25) is 0 Å². The van der Waals surface area contributed by atoms with Crippen LogP contribution in [0.1, 0.15) is 34.6 Å². The van der Waals surface area contributed by atoms with E-state index in [4.69, 9.17) is 0 Å². The second-order valence-corrected chi connectivity index (χ2v) is 7.20. The standard InChI is InChI=1S/C22H19FN6O3/c1-14(19-12-25-28(15(19)2)18-6-4-17(23)5-7-18)26-22(30)16-3-8-20(21(11-16)29(31)32)27-10-9-24-13-27/h3-14H,1-2H3,(H,26,30). The predicted octanol–water partition coefficient (Wildman–Crippen LogP) is 3.90. The van der Waals surface area contributed by atoms with Crippen molar-refractivity contribution in [2.45, 2.75) is 19.9 Å². The maximum Gasteiger partial charge on any atom is 0.294 e. The number of amides is 1. The summed E-state index contributed by atoms with van der Waals surface area (Å²) in [5.74, 6) is -0.792. The average Bonchev–Trinajstić information content (AvgIpc) is 3.44. The van der Waals surface area contributed by atoms with E-state index in [9.17, 15) is 19.3 Å². The van der Waals surface area contributed by atoms with Gasteiger partial charge in [-0.3, -0.25) is 14.9 Å². The van der Waals surface area contributed by atoms with E-state index in [1.54, 1.807) is 36.1 Å². The van der Waals surface area contributed by atoms with Gasteiger partial charge in [0.1, 0.15) is 11.5 Å². The Balaban J connectivity index is 1.56. The molecule has 0 saturated carbocycles. The fourth-order valence-corrected chi connectivity index (χ4v) is 3.48. The number of nitrogens with one attached hydrogen (secondary N) is 1. The van der Waals surface area contributed by atoms with E-state index >= 15 is 0 Å². The van der Waals surface area contributed by atoms with Gasteiger partial charge in [0.25, 0.3) is 11.6 Å². The van der Waals surface area contributed by atoms with Crippen LogP contribution >= 0.6 is 0 Å². The van der Waals surface area contributed by atoms with Gasteiger partial charge in [0, 0.05) is 35.3 Å². The van der Waals surface area contributed by atoms with Crippen molar-refractivity contribution in [2.75, 3.05) is 0 Å².